The summed E-state index contributed by atoms with van der Waals surface area (Å²) in [5, 5.41) is 41.3. The zero-order valence-electron chi connectivity index (χ0n) is 21.9. The summed E-state index contributed by atoms with van der Waals surface area (Å²) >= 11 is 0. The van der Waals surface area contributed by atoms with Crippen molar-refractivity contribution in [1.29, 1.82) is 0 Å². The molecule has 6 nitrogen and oxygen atoms in total. The Hall–Kier alpha value is -4.19. The van der Waals surface area contributed by atoms with E-state index in [1.807, 2.05) is 12.2 Å². The van der Waals surface area contributed by atoms with Gasteiger partial charge in [-0.1, -0.05) is 81.5 Å². The van der Waals surface area contributed by atoms with Gasteiger partial charge in [0.25, 0.3) is 0 Å². The van der Waals surface area contributed by atoms with Crippen molar-refractivity contribution in [2.45, 2.75) is 51.4 Å². The quantitative estimate of drug-likeness (QED) is 0.106. The largest absolute Gasteiger partial charge is 0.508 e. The van der Waals surface area contributed by atoms with Crippen LogP contribution in [0.4, 0.5) is 0 Å². The first-order valence-electron chi connectivity index (χ1n) is 13.0. The first-order valence-corrected chi connectivity index (χ1v) is 13.0. The highest BCUT2D eigenvalue weighted by molar-refractivity contribution is 6.11. The molecule has 0 aliphatic rings. The maximum Gasteiger partial charge on any atom is 0.193 e. The monoisotopic (exact) mass is 516 g/mol. The summed E-state index contributed by atoms with van der Waals surface area (Å²) in [4.78, 5) is 13.2. The molecule has 4 N–H and O–H groups in total. The van der Waals surface area contributed by atoms with Crippen molar-refractivity contribution in [3.63, 3.8) is 0 Å². The van der Waals surface area contributed by atoms with E-state index in [1.54, 1.807) is 42.5 Å². The van der Waals surface area contributed by atoms with Crippen LogP contribution < -0.4 is 4.74 Å². The number of phenols is 4. The van der Waals surface area contributed by atoms with E-state index in [-0.39, 0.29) is 45.8 Å². The Labute approximate surface area is 224 Å². The number of methoxy groups -OCH3 is 1. The molecule has 0 aliphatic carbocycles. The van der Waals surface area contributed by atoms with Gasteiger partial charge in [-0.05, 0) is 47.9 Å². The van der Waals surface area contributed by atoms with Gasteiger partial charge in [0.05, 0.1) is 7.11 Å². The molecular formula is C32H36O6. The van der Waals surface area contributed by atoms with Crippen LogP contribution in [0.15, 0.2) is 66.7 Å². The maximum atomic E-state index is 13.2. The van der Waals surface area contributed by atoms with Crippen LogP contribution in [0.5, 0.6) is 28.7 Å². The molecule has 3 rings (SSSR count). The van der Waals surface area contributed by atoms with Crippen molar-refractivity contribution in [1.82, 2.24) is 0 Å². The Kier molecular flexibility index (Phi) is 10.4. The van der Waals surface area contributed by atoms with Crippen LogP contribution in [0.25, 0.3) is 12.2 Å². The number of carbonyl (C=O) groups excluding carboxylic acids is 1. The maximum absolute atomic E-state index is 13.2. The molecule has 3 aromatic rings. The molecule has 38 heavy (non-hydrogen) atoms. The number of ether oxygens (including phenoxy) is 1. The minimum atomic E-state index is -0.474. The number of aromatic hydroxyl groups is 4. The number of ketones is 1. The van der Waals surface area contributed by atoms with Gasteiger partial charge in [-0.25, -0.2) is 0 Å². The molecule has 3 aromatic carbocycles. The van der Waals surface area contributed by atoms with E-state index >= 15 is 0 Å². The first-order chi connectivity index (χ1) is 18.3. The third kappa shape index (κ3) is 7.65. The van der Waals surface area contributed by atoms with Crippen LogP contribution in [0.2, 0.25) is 0 Å². The predicted octanol–water partition coefficient (Wildman–Crippen LogP) is 7.57. The van der Waals surface area contributed by atoms with Crippen LogP contribution in [0.3, 0.4) is 0 Å². The van der Waals surface area contributed by atoms with Crippen LogP contribution in [-0.2, 0) is 0 Å². The molecular weight excluding hydrogens is 480 g/mol. The fourth-order valence-electron chi connectivity index (χ4n) is 4.37. The highest BCUT2D eigenvalue weighted by atomic mass is 16.5. The third-order valence-corrected chi connectivity index (χ3v) is 6.47. The smallest absolute Gasteiger partial charge is 0.193 e. The van der Waals surface area contributed by atoms with Gasteiger partial charge in [0.2, 0.25) is 0 Å². The minimum Gasteiger partial charge on any atom is -0.508 e. The molecule has 0 bridgehead atoms. The van der Waals surface area contributed by atoms with E-state index in [0.717, 1.165) is 37.7 Å². The van der Waals surface area contributed by atoms with Crippen molar-refractivity contribution in [3.8, 4) is 28.7 Å². The Morgan fingerprint density at radius 1 is 0.842 bits per heavy atom. The fraction of sp³-hybridized carbons (Fsp3) is 0.281. The van der Waals surface area contributed by atoms with E-state index in [9.17, 15) is 25.2 Å². The molecule has 0 amide bonds. The first kappa shape index (κ1) is 28.4. The molecule has 0 fully saturated rings. The van der Waals surface area contributed by atoms with Gasteiger partial charge in [-0.3, -0.25) is 4.79 Å². The fourth-order valence-corrected chi connectivity index (χ4v) is 4.37. The summed E-state index contributed by atoms with van der Waals surface area (Å²) in [7, 11) is 1.38. The molecule has 6 heteroatoms. The Morgan fingerprint density at radius 3 is 2.00 bits per heavy atom. The highest BCUT2D eigenvalue weighted by Crippen LogP contribution is 2.44. The third-order valence-electron chi connectivity index (χ3n) is 6.47. The SMILES string of the molecule is CCCCCCCC(/C=C/c1ccc(O)cc1)c1c(O)cc(OC)c(C(=O)/C=C/c2ccc(O)cc2)c1O. The summed E-state index contributed by atoms with van der Waals surface area (Å²) in [5.41, 5.74) is 1.82. The molecule has 0 aromatic heterocycles. The number of benzene rings is 3. The normalized spacial score (nSPS) is 12.3. The molecule has 1 unspecified atom stereocenters. The van der Waals surface area contributed by atoms with Gasteiger partial charge in [-0.2, -0.15) is 0 Å². The van der Waals surface area contributed by atoms with Crippen molar-refractivity contribution in [2.75, 3.05) is 7.11 Å². The number of phenolic OH excluding ortho intramolecular Hbond substituents is 4. The average Bonchev–Trinajstić information content (AvgIpc) is 2.91. The highest BCUT2D eigenvalue weighted by Gasteiger charge is 2.26. The van der Waals surface area contributed by atoms with Gasteiger partial charge in [0, 0.05) is 17.5 Å². The molecule has 0 spiro atoms. The molecule has 1 atom stereocenters. The van der Waals surface area contributed by atoms with E-state index in [2.05, 4.69) is 6.92 Å². The van der Waals surface area contributed by atoms with Crippen molar-refractivity contribution >= 4 is 17.9 Å². The van der Waals surface area contributed by atoms with Crippen LogP contribution in [0.1, 0.15) is 78.4 Å². The lowest BCUT2D eigenvalue weighted by Crippen LogP contribution is -2.05. The number of carbonyl (C=O) groups is 1. The summed E-state index contributed by atoms with van der Waals surface area (Å²) in [6.07, 6.45) is 12.7. The second-order valence-electron chi connectivity index (χ2n) is 9.28. The van der Waals surface area contributed by atoms with E-state index in [1.165, 1.54) is 31.4 Å². The Morgan fingerprint density at radius 2 is 1.42 bits per heavy atom. The number of rotatable bonds is 13. The van der Waals surface area contributed by atoms with Crippen molar-refractivity contribution in [2.24, 2.45) is 0 Å². The van der Waals surface area contributed by atoms with Crippen molar-refractivity contribution < 1.29 is 30.0 Å². The van der Waals surface area contributed by atoms with E-state index in [4.69, 9.17) is 4.74 Å². The second-order valence-corrected chi connectivity index (χ2v) is 9.28. The average molecular weight is 517 g/mol. The summed E-state index contributed by atoms with van der Waals surface area (Å²) in [6, 6.07) is 14.5. The number of hydrogen-bond donors (Lipinski definition) is 4. The van der Waals surface area contributed by atoms with Crippen LogP contribution in [-0.4, -0.2) is 33.3 Å². The topological polar surface area (TPSA) is 107 Å². The molecule has 0 heterocycles. The summed E-state index contributed by atoms with van der Waals surface area (Å²) < 4.78 is 5.35. The zero-order chi connectivity index (χ0) is 27.5. The second kappa shape index (κ2) is 13.9. The number of allylic oxidation sites excluding steroid dienone is 2. The molecule has 0 radical (unpaired) electrons. The standard InChI is InChI=1S/C32H36O6/c1-3-4-5-6-7-8-24(15-9-22-10-16-25(33)17-11-22)30-28(36)21-29(38-2)31(32(30)37)27(35)20-14-23-12-18-26(34)19-13-23/h9-21,24,33-34,36-37H,3-8H2,1-2H3/b15-9+,20-14+. The summed E-state index contributed by atoms with van der Waals surface area (Å²) in [6.45, 7) is 2.16. The molecule has 0 saturated carbocycles. The zero-order valence-corrected chi connectivity index (χ0v) is 21.9. The van der Waals surface area contributed by atoms with Gasteiger partial charge < -0.3 is 25.2 Å². The minimum absolute atomic E-state index is 0.0238. The summed E-state index contributed by atoms with van der Waals surface area (Å²) in [5.74, 6) is -0.917. The van der Waals surface area contributed by atoms with Crippen LogP contribution >= 0.6 is 0 Å². The lowest BCUT2D eigenvalue weighted by molar-refractivity contribution is 0.104. The van der Waals surface area contributed by atoms with Gasteiger partial charge >= 0.3 is 0 Å². The predicted molar refractivity (Wildman–Crippen MR) is 151 cm³/mol. The molecule has 0 saturated heterocycles. The number of hydrogen-bond acceptors (Lipinski definition) is 6. The van der Waals surface area contributed by atoms with E-state index < -0.39 is 5.78 Å². The lowest BCUT2D eigenvalue weighted by Gasteiger charge is -2.20. The molecule has 0 aliphatic heterocycles. The van der Waals surface area contributed by atoms with Gasteiger partial charge in [0.15, 0.2) is 5.78 Å². The number of unbranched alkanes of at least 4 members (excludes halogenated alkanes) is 4. The van der Waals surface area contributed by atoms with Crippen molar-refractivity contribution in [3.05, 3.63) is 89.0 Å². The van der Waals surface area contributed by atoms with Gasteiger partial charge in [-0.15, -0.1) is 0 Å². The van der Waals surface area contributed by atoms with Gasteiger partial charge in [0.1, 0.15) is 34.3 Å². The Balaban J connectivity index is 1.98. The lowest BCUT2D eigenvalue weighted by atomic mass is 9.88. The van der Waals surface area contributed by atoms with Crippen LogP contribution in [0, 0.1) is 0 Å². The molecule has 200 valence electrons. The van der Waals surface area contributed by atoms with E-state index in [0.29, 0.717) is 12.0 Å². The Bertz CT molecular complexity index is 1260.